The Balaban J connectivity index is 2.52. The van der Waals surface area contributed by atoms with Crippen molar-refractivity contribution in [3.8, 4) is 11.8 Å². The summed E-state index contributed by atoms with van der Waals surface area (Å²) in [5.41, 5.74) is 0.277. The summed E-state index contributed by atoms with van der Waals surface area (Å²) in [4.78, 5) is 11.3. The summed E-state index contributed by atoms with van der Waals surface area (Å²) >= 11 is 0. The average molecular weight is 260 g/mol. The zero-order valence-electron chi connectivity index (χ0n) is 11.1. The fraction of sp³-hybridized carbons (Fsp3) is 0.429. The van der Waals surface area contributed by atoms with Gasteiger partial charge in [-0.2, -0.15) is 5.26 Å². The Hall–Kier alpha value is -2.06. The van der Waals surface area contributed by atoms with Gasteiger partial charge in [-0.3, -0.25) is 4.79 Å². The van der Waals surface area contributed by atoms with Crippen LogP contribution in [0, 0.1) is 11.3 Å². The molecule has 19 heavy (non-hydrogen) atoms. The Bertz CT molecular complexity index is 560. The number of aliphatic hydroxyl groups excluding tert-OH is 1. The highest BCUT2D eigenvalue weighted by atomic mass is 16.5. The molecule has 5 nitrogen and oxygen atoms in total. The molecule has 1 aliphatic rings. The lowest BCUT2D eigenvalue weighted by Gasteiger charge is -2.42. The van der Waals surface area contributed by atoms with Crippen molar-refractivity contribution in [2.24, 2.45) is 0 Å². The van der Waals surface area contributed by atoms with Crippen molar-refractivity contribution in [3.05, 3.63) is 29.3 Å². The van der Waals surface area contributed by atoms with Gasteiger partial charge in [0.1, 0.15) is 17.5 Å². The Morgan fingerprint density at radius 3 is 2.79 bits per heavy atom. The first kappa shape index (κ1) is 13.4. The zero-order chi connectivity index (χ0) is 14.2. The van der Waals surface area contributed by atoms with E-state index in [0.29, 0.717) is 16.9 Å². The van der Waals surface area contributed by atoms with E-state index in [9.17, 15) is 9.90 Å². The van der Waals surface area contributed by atoms with Crippen molar-refractivity contribution in [1.82, 2.24) is 5.32 Å². The van der Waals surface area contributed by atoms with Crippen molar-refractivity contribution in [3.63, 3.8) is 0 Å². The van der Waals surface area contributed by atoms with Crippen LogP contribution in [-0.4, -0.2) is 22.7 Å². The summed E-state index contributed by atoms with van der Waals surface area (Å²) in [7, 11) is 0. The van der Waals surface area contributed by atoms with Crippen LogP contribution in [0.15, 0.2) is 18.2 Å². The van der Waals surface area contributed by atoms with Crippen LogP contribution in [0.3, 0.4) is 0 Å². The highest BCUT2D eigenvalue weighted by Gasteiger charge is 2.43. The topological polar surface area (TPSA) is 82.4 Å². The van der Waals surface area contributed by atoms with Crippen molar-refractivity contribution in [2.75, 3.05) is 0 Å². The minimum atomic E-state index is -0.891. The lowest BCUT2D eigenvalue weighted by atomic mass is 9.86. The molecule has 0 saturated carbocycles. The van der Waals surface area contributed by atoms with Gasteiger partial charge in [0.2, 0.25) is 5.91 Å². The average Bonchev–Trinajstić information content (AvgIpc) is 2.34. The Morgan fingerprint density at radius 1 is 1.53 bits per heavy atom. The fourth-order valence-electron chi connectivity index (χ4n) is 2.24. The van der Waals surface area contributed by atoms with E-state index in [0.717, 1.165) is 0 Å². The molecule has 2 N–H and O–H groups in total. The molecule has 2 atom stereocenters. The molecule has 2 unspecified atom stereocenters. The van der Waals surface area contributed by atoms with E-state index in [2.05, 4.69) is 5.32 Å². The van der Waals surface area contributed by atoms with Crippen LogP contribution < -0.4 is 10.1 Å². The molecule has 2 rings (SSSR count). The number of fused-ring (bicyclic) bond motifs is 1. The smallest absolute Gasteiger partial charge is 0.217 e. The standard InChI is InChI=1S/C14H16N2O3/c1-8(17)16-12-10-6-9(7-15)4-5-11(10)19-14(2,3)13(12)18/h4-6,12-13,18H,1-3H3,(H,16,17). The fourth-order valence-corrected chi connectivity index (χ4v) is 2.24. The number of nitrogens with one attached hydrogen (secondary N) is 1. The maximum absolute atomic E-state index is 11.3. The highest BCUT2D eigenvalue weighted by molar-refractivity contribution is 5.74. The number of amides is 1. The molecular formula is C14H16N2O3. The summed E-state index contributed by atoms with van der Waals surface area (Å²) in [6.07, 6.45) is -0.891. The number of ether oxygens (including phenoxy) is 1. The van der Waals surface area contributed by atoms with Gasteiger partial charge in [-0.25, -0.2) is 0 Å². The van der Waals surface area contributed by atoms with Crippen LogP contribution in [-0.2, 0) is 4.79 Å². The molecule has 1 heterocycles. The van der Waals surface area contributed by atoms with Gasteiger partial charge in [0.05, 0.1) is 17.7 Å². The molecule has 100 valence electrons. The van der Waals surface area contributed by atoms with Crippen molar-refractivity contribution < 1.29 is 14.6 Å². The molecule has 5 heteroatoms. The van der Waals surface area contributed by atoms with Crippen LogP contribution in [0.5, 0.6) is 5.75 Å². The minimum absolute atomic E-state index is 0.241. The van der Waals surface area contributed by atoms with E-state index in [1.54, 1.807) is 32.0 Å². The number of hydrogen-bond acceptors (Lipinski definition) is 4. The number of aliphatic hydroxyl groups is 1. The summed E-state index contributed by atoms with van der Waals surface area (Å²) in [6, 6.07) is 6.43. The van der Waals surface area contributed by atoms with Gasteiger partial charge in [-0.05, 0) is 32.0 Å². The second-order valence-electron chi connectivity index (χ2n) is 5.19. The maximum Gasteiger partial charge on any atom is 0.217 e. The molecule has 1 aliphatic heterocycles. The molecule has 1 aromatic rings. The van der Waals surface area contributed by atoms with Crippen LogP contribution in [0.2, 0.25) is 0 Å². The van der Waals surface area contributed by atoms with Gasteiger partial charge in [0.25, 0.3) is 0 Å². The van der Waals surface area contributed by atoms with E-state index in [1.807, 2.05) is 6.07 Å². The monoisotopic (exact) mass is 260 g/mol. The van der Waals surface area contributed by atoms with E-state index < -0.39 is 17.7 Å². The summed E-state index contributed by atoms with van der Waals surface area (Å²) in [5, 5.41) is 22.0. The van der Waals surface area contributed by atoms with Gasteiger partial charge in [0, 0.05) is 12.5 Å². The van der Waals surface area contributed by atoms with Gasteiger partial charge in [-0.1, -0.05) is 0 Å². The Kier molecular flexibility index (Phi) is 3.21. The van der Waals surface area contributed by atoms with Crippen molar-refractivity contribution >= 4 is 5.91 Å². The van der Waals surface area contributed by atoms with Crippen molar-refractivity contribution in [1.29, 1.82) is 5.26 Å². The molecule has 0 aromatic heterocycles. The van der Waals surface area contributed by atoms with Gasteiger partial charge < -0.3 is 15.2 Å². The minimum Gasteiger partial charge on any atom is -0.485 e. The first-order valence-electron chi connectivity index (χ1n) is 6.03. The number of carbonyl (C=O) groups excluding carboxylic acids is 1. The Morgan fingerprint density at radius 2 is 2.21 bits per heavy atom. The summed E-state index contributed by atoms with van der Waals surface area (Å²) in [6.45, 7) is 4.91. The molecule has 1 aromatic carbocycles. The summed E-state index contributed by atoms with van der Waals surface area (Å²) in [5.74, 6) is 0.336. The van der Waals surface area contributed by atoms with E-state index in [1.165, 1.54) is 6.92 Å². The second kappa shape index (κ2) is 4.56. The predicted molar refractivity (Wildman–Crippen MR) is 68.4 cm³/mol. The first-order valence-corrected chi connectivity index (χ1v) is 6.03. The SMILES string of the molecule is CC(=O)NC1c2cc(C#N)ccc2OC(C)(C)C1O. The molecule has 0 aliphatic carbocycles. The van der Waals surface area contributed by atoms with Crippen LogP contribution >= 0.6 is 0 Å². The predicted octanol–water partition coefficient (Wildman–Crippen LogP) is 1.27. The number of benzene rings is 1. The highest BCUT2D eigenvalue weighted by Crippen LogP contribution is 2.40. The molecule has 0 spiro atoms. The lowest BCUT2D eigenvalue weighted by molar-refractivity contribution is -0.123. The third-order valence-corrected chi connectivity index (χ3v) is 3.23. The van der Waals surface area contributed by atoms with Gasteiger partial charge in [0.15, 0.2) is 0 Å². The third-order valence-electron chi connectivity index (χ3n) is 3.23. The van der Waals surface area contributed by atoms with E-state index in [4.69, 9.17) is 10.00 Å². The lowest BCUT2D eigenvalue weighted by Crippen LogP contribution is -2.53. The molecule has 1 amide bonds. The zero-order valence-corrected chi connectivity index (χ0v) is 11.1. The maximum atomic E-state index is 11.3. The quantitative estimate of drug-likeness (QED) is 0.796. The van der Waals surface area contributed by atoms with Gasteiger partial charge in [-0.15, -0.1) is 0 Å². The van der Waals surface area contributed by atoms with E-state index >= 15 is 0 Å². The number of rotatable bonds is 1. The molecular weight excluding hydrogens is 244 g/mol. The number of carbonyl (C=O) groups is 1. The largest absolute Gasteiger partial charge is 0.485 e. The normalized spacial score (nSPS) is 23.7. The van der Waals surface area contributed by atoms with Crippen molar-refractivity contribution in [2.45, 2.75) is 38.5 Å². The number of nitrogens with zero attached hydrogens (tertiary/aromatic N) is 1. The molecule has 0 bridgehead atoms. The number of nitriles is 1. The molecule has 0 radical (unpaired) electrons. The second-order valence-corrected chi connectivity index (χ2v) is 5.19. The van der Waals surface area contributed by atoms with E-state index in [-0.39, 0.29) is 5.91 Å². The molecule has 0 fully saturated rings. The van der Waals surface area contributed by atoms with Crippen LogP contribution in [0.4, 0.5) is 0 Å². The summed E-state index contributed by atoms with van der Waals surface area (Å²) < 4.78 is 5.73. The van der Waals surface area contributed by atoms with Crippen LogP contribution in [0.25, 0.3) is 0 Å². The molecule has 0 saturated heterocycles. The van der Waals surface area contributed by atoms with Gasteiger partial charge >= 0.3 is 0 Å². The van der Waals surface area contributed by atoms with Crippen LogP contribution in [0.1, 0.15) is 37.9 Å². The Labute approximate surface area is 111 Å². The number of hydrogen-bond donors (Lipinski definition) is 2. The third kappa shape index (κ3) is 2.40. The first-order chi connectivity index (χ1) is 8.85.